The summed E-state index contributed by atoms with van der Waals surface area (Å²) in [4.78, 5) is 1.11. The van der Waals surface area contributed by atoms with Crippen LogP contribution in [-0.2, 0) is 0 Å². The molecule has 90 valence electrons. The maximum Gasteiger partial charge on any atom is 0.159 e. The van der Waals surface area contributed by atoms with Crippen molar-refractivity contribution in [2.75, 3.05) is 0 Å². The molecule has 0 aliphatic carbocycles. The summed E-state index contributed by atoms with van der Waals surface area (Å²) >= 11 is 7.00. The Morgan fingerprint density at radius 3 is 2.50 bits per heavy atom. The molecule has 0 fully saturated rings. The Balaban J connectivity index is 2.36. The summed E-state index contributed by atoms with van der Waals surface area (Å²) in [6.45, 7) is 0. The van der Waals surface area contributed by atoms with Crippen molar-refractivity contribution in [1.82, 2.24) is 0 Å². The van der Waals surface area contributed by atoms with Gasteiger partial charge in [0.05, 0.1) is 5.56 Å². The van der Waals surface area contributed by atoms with Crippen LogP contribution in [0.3, 0.4) is 0 Å². The van der Waals surface area contributed by atoms with Gasteiger partial charge in [-0.25, -0.2) is 8.78 Å². The molecule has 2 aromatic rings. The van der Waals surface area contributed by atoms with E-state index in [1.54, 1.807) is 18.2 Å². The minimum absolute atomic E-state index is 0.439. The van der Waals surface area contributed by atoms with Gasteiger partial charge in [0.15, 0.2) is 11.6 Å². The highest BCUT2D eigenvalue weighted by Gasteiger charge is 2.08. The van der Waals surface area contributed by atoms with E-state index in [1.807, 2.05) is 6.07 Å². The lowest BCUT2D eigenvalue weighted by atomic mass is 10.2. The number of nitrogens with zero attached hydrogens (tertiary/aromatic N) is 1. The first-order chi connectivity index (χ1) is 8.60. The van der Waals surface area contributed by atoms with Crippen molar-refractivity contribution < 1.29 is 8.78 Å². The smallest absolute Gasteiger partial charge is 0.159 e. The Labute approximate surface area is 112 Å². The summed E-state index contributed by atoms with van der Waals surface area (Å²) in [5, 5.41) is 9.43. The molecule has 0 aromatic heterocycles. The molecule has 0 saturated heterocycles. The van der Waals surface area contributed by atoms with Gasteiger partial charge in [-0.2, -0.15) is 5.26 Å². The molecule has 0 radical (unpaired) electrons. The van der Waals surface area contributed by atoms with E-state index in [9.17, 15) is 8.78 Å². The van der Waals surface area contributed by atoms with Crippen molar-refractivity contribution in [1.29, 1.82) is 5.26 Å². The van der Waals surface area contributed by atoms with E-state index in [-0.39, 0.29) is 0 Å². The van der Waals surface area contributed by atoms with E-state index in [1.165, 1.54) is 6.07 Å². The lowest BCUT2D eigenvalue weighted by Gasteiger charge is -2.05. The summed E-state index contributed by atoms with van der Waals surface area (Å²) in [6, 6.07) is 10.4. The van der Waals surface area contributed by atoms with Crippen LogP contribution in [0.1, 0.15) is 5.56 Å². The van der Waals surface area contributed by atoms with Gasteiger partial charge in [-0.1, -0.05) is 23.4 Å². The zero-order chi connectivity index (χ0) is 13.1. The van der Waals surface area contributed by atoms with E-state index in [0.717, 1.165) is 23.9 Å². The average molecular weight is 282 g/mol. The Hall–Kier alpha value is -1.57. The second-order valence-corrected chi connectivity index (χ2v) is 4.98. The average Bonchev–Trinajstić information content (AvgIpc) is 2.34. The SMILES string of the molecule is N#Cc1ccc(Cl)cc1Sc1ccc(F)c(F)c1. The molecule has 0 atom stereocenters. The van der Waals surface area contributed by atoms with Gasteiger partial charge in [-0.05, 0) is 36.4 Å². The van der Waals surface area contributed by atoms with Crippen molar-refractivity contribution in [3.8, 4) is 6.07 Å². The lowest BCUT2D eigenvalue weighted by molar-refractivity contribution is 0.506. The minimum Gasteiger partial charge on any atom is -0.204 e. The highest BCUT2D eigenvalue weighted by Crippen LogP contribution is 2.32. The molecule has 0 bridgehead atoms. The Morgan fingerprint density at radius 1 is 1.06 bits per heavy atom. The number of hydrogen-bond donors (Lipinski definition) is 0. The van der Waals surface area contributed by atoms with Crippen molar-refractivity contribution in [2.45, 2.75) is 9.79 Å². The number of nitriles is 1. The van der Waals surface area contributed by atoms with Crippen LogP contribution in [0.15, 0.2) is 46.2 Å². The van der Waals surface area contributed by atoms with Crippen molar-refractivity contribution in [3.63, 3.8) is 0 Å². The van der Waals surface area contributed by atoms with Gasteiger partial charge in [0.1, 0.15) is 6.07 Å². The first-order valence-corrected chi connectivity index (χ1v) is 6.12. The predicted molar refractivity (Wildman–Crippen MR) is 66.6 cm³/mol. The van der Waals surface area contributed by atoms with Gasteiger partial charge >= 0.3 is 0 Å². The van der Waals surface area contributed by atoms with E-state index in [0.29, 0.717) is 20.4 Å². The predicted octanol–water partition coefficient (Wildman–Crippen LogP) is 4.64. The topological polar surface area (TPSA) is 23.8 Å². The van der Waals surface area contributed by atoms with Crippen LogP contribution >= 0.6 is 23.4 Å². The van der Waals surface area contributed by atoms with Crippen LogP contribution in [0.4, 0.5) is 8.78 Å². The summed E-state index contributed by atoms with van der Waals surface area (Å²) in [5.41, 5.74) is 0.439. The normalized spacial score (nSPS) is 10.1. The van der Waals surface area contributed by atoms with Crippen LogP contribution in [0, 0.1) is 23.0 Å². The van der Waals surface area contributed by atoms with Gasteiger partial charge in [-0.15, -0.1) is 0 Å². The number of rotatable bonds is 2. The number of benzene rings is 2. The molecule has 2 aromatic carbocycles. The van der Waals surface area contributed by atoms with E-state index < -0.39 is 11.6 Å². The fourth-order valence-electron chi connectivity index (χ4n) is 1.34. The fraction of sp³-hybridized carbons (Fsp3) is 0. The molecule has 0 amide bonds. The fourth-order valence-corrected chi connectivity index (χ4v) is 2.54. The van der Waals surface area contributed by atoms with Gasteiger partial charge in [0.25, 0.3) is 0 Å². The molecular weight excluding hydrogens is 276 g/mol. The highest BCUT2D eigenvalue weighted by atomic mass is 35.5. The summed E-state index contributed by atoms with van der Waals surface area (Å²) in [7, 11) is 0. The molecule has 0 spiro atoms. The molecule has 0 saturated carbocycles. The Kier molecular flexibility index (Phi) is 3.85. The van der Waals surface area contributed by atoms with Crippen LogP contribution in [-0.4, -0.2) is 0 Å². The maximum atomic E-state index is 13.1. The maximum absolute atomic E-state index is 13.1. The Bertz CT molecular complexity index is 637. The highest BCUT2D eigenvalue weighted by molar-refractivity contribution is 7.99. The van der Waals surface area contributed by atoms with E-state index in [2.05, 4.69) is 0 Å². The molecule has 0 unspecified atom stereocenters. The minimum atomic E-state index is -0.916. The summed E-state index contributed by atoms with van der Waals surface area (Å²) in [5.74, 6) is -1.81. The molecule has 1 nitrogen and oxygen atoms in total. The van der Waals surface area contributed by atoms with Crippen LogP contribution < -0.4 is 0 Å². The van der Waals surface area contributed by atoms with Gasteiger partial charge < -0.3 is 0 Å². The van der Waals surface area contributed by atoms with Crippen molar-refractivity contribution >= 4 is 23.4 Å². The van der Waals surface area contributed by atoms with Gasteiger partial charge in [0.2, 0.25) is 0 Å². The molecular formula is C13H6ClF2NS. The third-order valence-electron chi connectivity index (χ3n) is 2.18. The van der Waals surface area contributed by atoms with Crippen LogP contribution in [0.2, 0.25) is 5.02 Å². The molecule has 0 aliphatic rings. The quantitative estimate of drug-likeness (QED) is 0.800. The molecule has 5 heteroatoms. The molecule has 0 N–H and O–H groups in total. The third kappa shape index (κ3) is 2.81. The zero-order valence-corrected chi connectivity index (χ0v) is 10.5. The summed E-state index contributed by atoms with van der Waals surface area (Å²) < 4.78 is 25.9. The first kappa shape index (κ1) is 12.9. The summed E-state index contributed by atoms with van der Waals surface area (Å²) in [6.07, 6.45) is 0. The molecule has 0 aliphatic heterocycles. The monoisotopic (exact) mass is 281 g/mol. The van der Waals surface area contributed by atoms with Gasteiger partial charge in [0, 0.05) is 14.8 Å². The second kappa shape index (κ2) is 5.38. The zero-order valence-electron chi connectivity index (χ0n) is 8.95. The largest absolute Gasteiger partial charge is 0.204 e. The third-order valence-corrected chi connectivity index (χ3v) is 3.47. The Morgan fingerprint density at radius 2 is 1.83 bits per heavy atom. The number of hydrogen-bond acceptors (Lipinski definition) is 2. The van der Waals surface area contributed by atoms with E-state index >= 15 is 0 Å². The van der Waals surface area contributed by atoms with E-state index in [4.69, 9.17) is 16.9 Å². The van der Waals surface area contributed by atoms with Crippen molar-refractivity contribution in [2.24, 2.45) is 0 Å². The second-order valence-electron chi connectivity index (χ2n) is 3.43. The van der Waals surface area contributed by atoms with Gasteiger partial charge in [-0.3, -0.25) is 0 Å². The van der Waals surface area contributed by atoms with Crippen LogP contribution in [0.5, 0.6) is 0 Å². The number of halogens is 3. The first-order valence-electron chi connectivity index (χ1n) is 4.92. The molecule has 2 rings (SSSR count). The van der Waals surface area contributed by atoms with Crippen molar-refractivity contribution in [3.05, 3.63) is 58.6 Å². The lowest BCUT2D eigenvalue weighted by Crippen LogP contribution is -1.85. The van der Waals surface area contributed by atoms with Crippen LogP contribution in [0.25, 0.3) is 0 Å². The molecule has 0 heterocycles. The standard InChI is InChI=1S/C13H6ClF2NS/c14-9-2-1-8(7-17)13(5-9)18-10-3-4-11(15)12(16)6-10/h1-6H. The molecule has 18 heavy (non-hydrogen) atoms.